The topological polar surface area (TPSA) is 74.4 Å². The first-order valence-electron chi connectivity index (χ1n) is 7.53. The van der Waals surface area contributed by atoms with Crippen LogP contribution in [-0.2, 0) is 21.3 Å². The third kappa shape index (κ3) is 3.48. The van der Waals surface area contributed by atoms with Gasteiger partial charge in [0.1, 0.15) is 0 Å². The van der Waals surface area contributed by atoms with Gasteiger partial charge in [0.2, 0.25) is 10.0 Å². The zero-order valence-corrected chi connectivity index (χ0v) is 13.2. The molecular weight excluding hydrogens is 290 g/mol. The van der Waals surface area contributed by atoms with E-state index in [4.69, 9.17) is 4.74 Å². The molecule has 21 heavy (non-hydrogen) atoms. The quantitative estimate of drug-likeness (QED) is 0.824. The molecule has 1 unspecified atom stereocenters. The van der Waals surface area contributed by atoms with Crippen LogP contribution in [0.15, 0.2) is 17.2 Å². The van der Waals surface area contributed by atoms with E-state index in [1.54, 1.807) is 19.4 Å². The third-order valence-electron chi connectivity index (χ3n) is 4.19. The summed E-state index contributed by atoms with van der Waals surface area (Å²) < 4.78 is 32.1. The molecule has 2 N–H and O–H groups in total. The Labute approximate surface area is 125 Å². The Morgan fingerprint density at radius 3 is 2.95 bits per heavy atom. The number of rotatable bonds is 6. The number of aromatic amines is 1. The molecule has 0 spiro atoms. The molecule has 0 radical (unpaired) electrons. The lowest BCUT2D eigenvalue weighted by Crippen LogP contribution is -2.42. The minimum atomic E-state index is -3.41. The van der Waals surface area contributed by atoms with Gasteiger partial charge in [0.05, 0.1) is 11.0 Å². The van der Waals surface area contributed by atoms with Gasteiger partial charge in [0.15, 0.2) is 0 Å². The predicted octanol–water partition coefficient (Wildman–Crippen LogP) is 1.07. The number of aromatic nitrogens is 1. The number of H-pyrrole nitrogens is 1. The largest absolute Gasteiger partial charge is 0.380 e. The minimum absolute atomic E-state index is 0.00321. The van der Waals surface area contributed by atoms with Crippen LogP contribution in [0.5, 0.6) is 0 Å². The lowest BCUT2D eigenvalue weighted by molar-refractivity contribution is 0.0572. The first kappa shape index (κ1) is 15.0. The molecule has 0 bridgehead atoms. The van der Waals surface area contributed by atoms with Crippen molar-refractivity contribution in [1.29, 1.82) is 0 Å². The van der Waals surface area contributed by atoms with E-state index in [2.05, 4.69) is 10.3 Å². The molecule has 7 heteroatoms. The molecule has 1 aromatic rings. The van der Waals surface area contributed by atoms with Crippen LogP contribution in [0.2, 0.25) is 0 Å². The molecule has 2 fully saturated rings. The molecule has 2 heterocycles. The fourth-order valence-electron chi connectivity index (χ4n) is 2.68. The molecule has 3 rings (SSSR count). The maximum atomic E-state index is 12.6. The smallest absolute Gasteiger partial charge is 0.244 e. The lowest BCUT2D eigenvalue weighted by atomic mass is 10.1. The first-order chi connectivity index (χ1) is 10.1. The summed E-state index contributed by atoms with van der Waals surface area (Å²) >= 11 is 0. The van der Waals surface area contributed by atoms with Gasteiger partial charge in [-0.05, 0) is 31.7 Å². The highest BCUT2D eigenvalue weighted by Crippen LogP contribution is 2.23. The normalized spacial score (nSPS) is 24.3. The maximum Gasteiger partial charge on any atom is 0.244 e. The monoisotopic (exact) mass is 313 g/mol. The van der Waals surface area contributed by atoms with Gasteiger partial charge in [-0.25, -0.2) is 8.42 Å². The van der Waals surface area contributed by atoms with Crippen molar-refractivity contribution in [3.8, 4) is 0 Å². The van der Waals surface area contributed by atoms with Gasteiger partial charge >= 0.3 is 0 Å². The molecule has 1 aliphatic heterocycles. The summed E-state index contributed by atoms with van der Waals surface area (Å²) in [4.78, 5) is 3.41. The highest BCUT2D eigenvalue weighted by Gasteiger charge is 2.31. The van der Waals surface area contributed by atoms with E-state index >= 15 is 0 Å². The Balaban J connectivity index is 1.68. The van der Waals surface area contributed by atoms with Gasteiger partial charge in [-0.1, -0.05) is 0 Å². The van der Waals surface area contributed by atoms with E-state index in [9.17, 15) is 8.42 Å². The molecule has 6 nitrogen and oxygen atoms in total. The van der Waals surface area contributed by atoms with Crippen molar-refractivity contribution in [3.05, 3.63) is 18.0 Å². The molecule has 1 aromatic heterocycles. The molecule has 1 aliphatic carbocycles. The number of piperidine rings is 1. The zero-order chi connectivity index (χ0) is 14.9. The van der Waals surface area contributed by atoms with Crippen LogP contribution in [0, 0.1) is 0 Å². The summed E-state index contributed by atoms with van der Waals surface area (Å²) in [5, 5.41) is 3.37. The summed E-state index contributed by atoms with van der Waals surface area (Å²) in [6, 6.07) is 2.35. The van der Waals surface area contributed by atoms with E-state index < -0.39 is 10.0 Å². The molecule has 2 aliphatic rings. The third-order valence-corrected chi connectivity index (χ3v) is 6.03. The van der Waals surface area contributed by atoms with Crippen LogP contribution in [0.1, 0.15) is 31.4 Å². The van der Waals surface area contributed by atoms with E-state index in [0.717, 1.165) is 18.5 Å². The Morgan fingerprint density at radius 1 is 1.43 bits per heavy atom. The second-order valence-electron chi connectivity index (χ2n) is 5.88. The second-order valence-corrected chi connectivity index (χ2v) is 7.82. The summed E-state index contributed by atoms with van der Waals surface area (Å²) in [5.41, 5.74) is 0.917. The van der Waals surface area contributed by atoms with Crippen LogP contribution in [-0.4, -0.2) is 50.1 Å². The zero-order valence-electron chi connectivity index (χ0n) is 12.3. The van der Waals surface area contributed by atoms with Gasteiger partial charge in [0.25, 0.3) is 0 Å². The van der Waals surface area contributed by atoms with E-state index in [1.165, 1.54) is 17.1 Å². The number of nitrogens with zero attached hydrogens (tertiary/aromatic N) is 1. The standard InChI is InChI=1S/C14H23N3O3S/c1-20-13-3-2-6-17(10-13)21(18,19)14-7-12(16-9-14)8-15-11-4-5-11/h7,9,11,13,15-16H,2-6,8,10H2,1H3. The van der Waals surface area contributed by atoms with Crippen LogP contribution < -0.4 is 5.32 Å². The number of hydrogen-bond acceptors (Lipinski definition) is 4. The Hall–Kier alpha value is -0.890. The van der Waals surface area contributed by atoms with Crippen molar-refractivity contribution in [2.75, 3.05) is 20.2 Å². The average molecular weight is 313 g/mol. The van der Waals surface area contributed by atoms with Gasteiger partial charge < -0.3 is 15.0 Å². The van der Waals surface area contributed by atoms with Crippen LogP contribution >= 0.6 is 0 Å². The van der Waals surface area contributed by atoms with Gasteiger partial charge in [0, 0.05) is 44.7 Å². The number of hydrogen-bond donors (Lipinski definition) is 2. The average Bonchev–Trinajstić information content (AvgIpc) is 3.21. The molecular formula is C14H23N3O3S. The van der Waals surface area contributed by atoms with Crippen molar-refractivity contribution < 1.29 is 13.2 Å². The van der Waals surface area contributed by atoms with Crippen molar-refractivity contribution in [3.63, 3.8) is 0 Å². The second kappa shape index (κ2) is 6.08. The van der Waals surface area contributed by atoms with Gasteiger partial charge in [-0.15, -0.1) is 0 Å². The SMILES string of the molecule is COC1CCCN(S(=O)(=O)c2c[nH]c(CNC3CC3)c2)C1. The van der Waals surface area contributed by atoms with Gasteiger partial charge in [-0.2, -0.15) is 4.31 Å². The highest BCUT2D eigenvalue weighted by molar-refractivity contribution is 7.89. The summed E-state index contributed by atoms with van der Waals surface area (Å²) in [7, 11) is -1.78. The summed E-state index contributed by atoms with van der Waals surface area (Å²) in [5.74, 6) is 0. The lowest BCUT2D eigenvalue weighted by Gasteiger charge is -2.30. The number of ether oxygens (including phenoxy) is 1. The van der Waals surface area contributed by atoms with Crippen LogP contribution in [0.4, 0.5) is 0 Å². The van der Waals surface area contributed by atoms with Crippen molar-refractivity contribution in [2.45, 2.75) is 49.3 Å². The number of sulfonamides is 1. The molecule has 1 atom stereocenters. The van der Waals surface area contributed by atoms with Crippen LogP contribution in [0.3, 0.4) is 0 Å². The number of nitrogens with one attached hydrogen (secondary N) is 2. The summed E-state index contributed by atoms with van der Waals surface area (Å²) in [6.45, 7) is 1.71. The van der Waals surface area contributed by atoms with Gasteiger partial charge in [-0.3, -0.25) is 0 Å². The highest BCUT2D eigenvalue weighted by atomic mass is 32.2. The van der Waals surface area contributed by atoms with Crippen LogP contribution in [0.25, 0.3) is 0 Å². The Bertz CT molecular complexity index is 580. The Morgan fingerprint density at radius 2 is 2.24 bits per heavy atom. The first-order valence-corrected chi connectivity index (χ1v) is 8.97. The summed E-state index contributed by atoms with van der Waals surface area (Å²) in [6.07, 6.45) is 5.81. The van der Waals surface area contributed by atoms with Crippen molar-refractivity contribution in [1.82, 2.24) is 14.6 Å². The molecule has 1 saturated carbocycles. The van der Waals surface area contributed by atoms with Crippen molar-refractivity contribution >= 4 is 10.0 Å². The van der Waals surface area contributed by atoms with E-state index in [1.807, 2.05) is 0 Å². The number of methoxy groups -OCH3 is 1. The fraction of sp³-hybridized carbons (Fsp3) is 0.714. The molecule has 1 saturated heterocycles. The maximum absolute atomic E-state index is 12.6. The van der Waals surface area contributed by atoms with E-state index in [0.29, 0.717) is 30.6 Å². The fourth-order valence-corrected chi connectivity index (χ4v) is 4.21. The van der Waals surface area contributed by atoms with E-state index in [-0.39, 0.29) is 6.10 Å². The Kier molecular flexibility index (Phi) is 4.35. The minimum Gasteiger partial charge on any atom is -0.380 e. The molecule has 0 aromatic carbocycles. The van der Waals surface area contributed by atoms with Crippen molar-refractivity contribution in [2.24, 2.45) is 0 Å². The molecule has 118 valence electrons. The predicted molar refractivity (Wildman–Crippen MR) is 79.4 cm³/mol. The molecule has 0 amide bonds.